The maximum atomic E-state index is 14.1. The molecule has 0 saturated carbocycles. The number of aromatic nitrogens is 3. The van der Waals surface area contributed by atoms with Crippen LogP contribution in [0.25, 0.3) is 16.7 Å². The van der Waals surface area contributed by atoms with Crippen LogP contribution in [0.4, 0.5) is 10.2 Å². The van der Waals surface area contributed by atoms with Gasteiger partial charge >= 0.3 is 5.69 Å². The van der Waals surface area contributed by atoms with Gasteiger partial charge in [-0.05, 0) is 48.7 Å². The van der Waals surface area contributed by atoms with E-state index in [4.69, 9.17) is 17.3 Å². The fraction of sp³-hybridized carbons (Fsp3) is 0.333. The second-order valence-corrected chi connectivity index (χ2v) is 9.13. The monoisotopic (exact) mass is 511 g/mol. The molecule has 1 saturated heterocycles. The number of para-hydroxylation sites is 1. The average Bonchev–Trinajstić information content (AvgIpc) is 3.25. The molecular formula is C27H31ClFN5O2. The van der Waals surface area contributed by atoms with E-state index in [9.17, 15) is 14.0 Å². The van der Waals surface area contributed by atoms with Gasteiger partial charge in [-0.1, -0.05) is 43.6 Å². The van der Waals surface area contributed by atoms with Crippen LogP contribution in [0.3, 0.4) is 0 Å². The summed E-state index contributed by atoms with van der Waals surface area (Å²) in [4.78, 5) is 28.8. The summed E-state index contributed by atoms with van der Waals surface area (Å²) in [6.45, 7) is 5.54. The highest BCUT2D eigenvalue weighted by Gasteiger charge is 2.26. The van der Waals surface area contributed by atoms with Crippen molar-refractivity contribution >= 4 is 28.5 Å². The number of nitrogens with two attached hydrogens (primary N) is 1. The van der Waals surface area contributed by atoms with Gasteiger partial charge in [0.2, 0.25) is 0 Å². The Kier molecular flexibility index (Phi) is 7.66. The predicted molar refractivity (Wildman–Crippen MR) is 144 cm³/mol. The van der Waals surface area contributed by atoms with Crippen LogP contribution in [0, 0.1) is 5.82 Å². The standard InChI is InChI=1S/C25H25ClFN5O2.C2H6/c1-29-24(33)23-21(32(25(29)34)19-7-3-2-4-8-19)13-22(30-11-5-6-18(28)15-30)31(23)14-16-12-17(27)9-10-20(16)26;1-2/h2-4,7-10,12-13,18H,5-6,11,14-15,28H2,1H3;1-2H3. The molecule has 4 aromatic rings. The SMILES string of the molecule is CC.Cn1c(=O)c2c(cc(N3CCCC(N)C3)n2Cc2cc(F)ccc2Cl)n(-c2ccccc2)c1=O. The summed E-state index contributed by atoms with van der Waals surface area (Å²) in [7, 11) is 1.46. The quantitative estimate of drug-likeness (QED) is 0.443. The number of hydrogen-bond donors (Lipinski definition) is 1. The molecule has 0 aliphatic carbocycles. The molecule has 0 bridgehead atoms. The number of piperidine rings is 1. The summed E-state index contributed by atoms with van der Waals surface area (Å²) in [6, 6.07) is 15.2. The minimum atomic E-state index is -0.438. The zero-order chi connectivity index (χ0) is 26.0. The first-order valence-corrected chi connectivity index (χ1v) is 12.6. The molecule has 2 N–H and O–H groups in total. The fourth-order valence-electron chi connectivity index (χ4n) is 4.72. The number of nitrogens with zero attached hydrogens (tertiary/aromatic N) is 4. The molecule has 0 amide bonds. The van der Waals surface area contributed by atoms with Crippen LogP contribution < -0.4 is 21.9 Å². The summed E-state index contributed by atoms with van der Waals surface area (Å²) in [5, 5.41) is 0.401. The molecular weight excluding hydrogens is 481 g/mol. The molecule has 190 valence electrons. The van der Waals surface area contributed by atoms with Gasteiger partial charge in [-0.15, -0.1) is 0 Å². The lowest BCUT2D eigenvalue weighted by atomic mass is 10.1. The van der Waals surface area contributed by atoms with Crippen molar-refractivity contribution in [3.05, 3.63) is 91.8 Å². The predicted octanol–water partition coefficient (Wildman–Crippen LogP) is 4.29. The number of anilines is 1. The lowest BCUT2D eigenvalue weighted by molar-refractivity contribution is 0.498. The third-order valence-corrected chi connectivity index (χ3v) is 6.78. The Labute approximate surface area is 214 Å². The summed E-state index contributed by atoms with van der Waals surface area (Å²) in [5.41, 5.74) is 7.42. The molecule has 1 fully saturated rings. The van der Waals surface area contributed by atoms with Crippen LogP contribution >= 0.6 is 11.6 Å². The van der Waals surface area contributed by atoms with E-state index in [2.05, 4.69) is 4.90 Å². The third-order valence-electron chi connectivity index (χ3n) is 6.41. The molecule has 1 aliphatic rings. The van der Waals surface area contributed by atoms with Crippen LogP contribution in [-0.4, -0.2) is 32.8 Å². The van der Waals surface area contributed by atoms with Crippen molar-refractivity contribution in [2.45, 2.75) is 39.3 Å². The maximum Gasteiger partial charge on any atom is 0.335 e. The lowest BCUT2D eigenvalue weighted by Gasteiger charge is -2.33. The molecule has 9 heteroatoms. The van der Waals surface area contributed by atoms with Crippen LogP contribution in [0.15, 0.2) is 64.2 Å². The zero-order valence-electron chi connectivity index (χ0n) is 20.7. The van der Waals surface area contributed by atoms with Gasteiger partial charge in [0.05, 0.1) is 17.7 Å². The van der Waals surface area contributed by atoms with Crippen molar-refractivity contribution in [1.82, 2.24) is 13.7 Å². The van der Waals surface area contributed by atoms with E-state index >= 15 is 0 Å². The molecule has 0 radical (unpaired) electrons. The van der Waals surface area contributed by atoms with Crippen molar-refractivity contribution < 1.29 is 4.39 Å². The van der Waals surface area contributed by atoms with Gasteiger partial charge in [0, 0.05) is 37.3 Å². The van der Waals surface area contributed by atoms with E-state index in [1.165, 1.54) is 29.8 Å². The summed E-state index contributed by atoms with van der Waals surface area (Å²) < 4.78 is 18.5. The second kappa shape index (κ2) is 10.7. The first-order chi connectivity index (χ1) is 17.3. The van der Waals surface area contributed by atoms with Crippen LogP contribution in [-0.2, 0) is 13.6 Å². The molecule has 36 heavy (non-hydrogen) atoms. The molecule has 1 atom stereocenters. The van der Waals surface area contributed by atoms with Crippen molar-refractivity contribution in [3.63, 3.8) is 0 Å². The molecule has 2 aromatic heterocycles. The molecule has 1 unspecified atom stereocenters. The van der Waals surface area contributed by atoms with E-state index in [0.717, 1.165) is 29.8 Å². The van der Waals surface area contributed by atoms with Gasteiger partial charge in [0.15, 0.2) is 0 Å². The Morgan fingerprint density at radius 3 is 2.50 bits per heavy atom. The van der Waals surface area contributed by atoms with Gasteiger partial charge in [0.1, 0.15) is 17.2 Å². The number of rotatable bonds is 4. The number of halogens is 2. The Hall–Kier alpha value is -3.36. The van der Waals surface area contributed by atoms with Gasteiger partial charge in [-0.25, -0.2) is 9.18 Å². The van der Waals surface area contributed by atoms with Gasteiger partial charge in [-0.2, -0.15) is 0 Å². The van der Waals surface area contributed by atoms with Crippen molar-refractivity contribution in [1.29, 1.82) is 0 Å². The van der Waals surface area contributed by atoms with E-state index in [1.54, 1.807) is 0 Å². The Balaban J connectivity index is 0.00000148. The van der Waals surface area contributed by atoms with Crippen LogP contribution in [0.5, 0.6) is 0 Å². The highest BCUT2D eigenvalue weighted by Crippen LogP contribution is 2.30. The molecule has 0 spiro atoms. The maximum absolute atomic E-state index is 14.1. The first kappa shape index (κ1) is 25.7. The third kappa shape index (κ3) is 4.70. The van der Waals surface area contributed by atoms with Crippen molar-refractivity contribution in [3.8, 4) is 5.69 Å². The first-order valence-electron chi connectivity index (χ1n) is 12.2. The Bertz CT molecular complexity index is 1490. The van der Waals surface area contributed by atoms with E-state index in [0.29, 0.717) is 33.9 Å². The van der Waals surface area contributed by atoms with Gasteiger partial charge in [-0.3, -0.25) is 13.9 Å². The lowest BCUT2D eigenvalue weighted by Crippen LogP contribution is -2.43. The molecule has 3 heterocycles. The largest absolute Gasteiger partial charge is 0.356 e. The van der Waals surface area contributed by atoms with E-state index in [-0.39, 0.29) is 12.6 Å². The second-order valence-electron chi connectivity index (χ2n) is 8.72. The minimum Gasteiger partial charge on any atom is -0.356 e. The number of hydrogen-bond acceptors (Lipinski definition) is 4. The van der Waals surface area contributed by atoms with Crippen LogP contribution in [0.1, 0.15) is 32.3 Å². The normalized spacial score (nSPS) is 15.6. The average molecular weight is 512 g/mol. The Morgan fingerprint density at radius 1 is 1.08 bits per heavy atom. The minimum absolute atomic E-state index is 0.00267. The summed E-state index contributed by atoms with van der Waals surface area (Å²) in [5.74, 6) is 0.337. The number of benzene rings is 2. The molecule has 5 rings (SSSR count). The van der Waals surface area contributed by atoms with E-state index < -0.39 is 17.1 Å². The van der Waals surface area contributed by atoms with Gasteiger partial charge in [0.25, 0.3) is 5.56 Å². The van der Waals surface area contributed by atoms with E-state index in [1.807, 2.05) is 54.8 Å². The van der Waals surface area contributed by atoms with Crippen molar-refractivity contribution in [2.24, 2.45) is 12.8 Å². The summed E-state index contributed by atoms with van der Waals surface area (Å²) >= 11 is 6.40. The van der Waals surface area contributed by atoms with Crippen LogP contribution in [0.2, 0.25) is 5.02 Å². The zero-order valence-corrected chi connectivity index (χ0v) is 21.5. The topological polar surface area (TPSA) is 78.2 Å². The fourth-order valence-corrected chi connectivity index (χ4v) is 4.89. The smallest absolute Gasteiger partial charge is 0.335 e. The molecule has 7 nitrogen and oxygen atoms in total. The molecule has 1 aliphatic heterocycles. The highest BCUT2D eigenvalue weighted by molar-refractivity contribution is 6.31. The number of fused-ring (bicyclic) bond motifs is 1. The van der Waals surface area contributed by atoms with Gasteiger partial charge < -0.3 is 15.2 Å². The Morgan fingerprint density at radius 2 is 1.81 bits per heavy atom. The molecule has 2 aromatic carbocycles. The van der Waals surface area contributed by atoms with Crippen molar-refractivity contribution in [2.75, 3.05) is 18.0 Å². The highest BCUT2D eigenvalue weighted by atomic mass is 35.5. The summed E-state index contributed by atoms with van der Waals surface area (Å²) in [6.07, 6.45) is 1.83.